The van der Waals surface area contributed by atoms with Crippen molar-refractivity contribution in [1.29, 1.82) is 0 Å². The van der Waals surface area contributed by atoms with Gasteiger partial charge in [-0.1, -0.05) is 6.92 Å². The fourth-order valence-electron chi connectivity index (χ4n) is 1.48. The third-order valence-electron chi connectivity index (χ3n) is 2.50. The first-order valence-electron chi connectivity index (χ1n) is 6.93. The number of anilines is 2. The Morgan fingerprint density at radius 3 is 1.71 bits per heavy atom. The van der Waals surface area contributed by atoms with E-state index in [0.29, 0.717) is 18.9 Å². The van der Waals surface area contributed by atoms with Crippen molar-refractivity contribution in [2.45, 2.75) is 13.5 Å². The normalized spacial score (nSPS) is 12.1. The summed E-state index contributed by atoms with van der Waals surface area (Å²) in [6.45, 7) is 2.64. The van der Waals surface area contributed by atoms with E-state index in [0.717, 1.165) is 0 Å². The highest BCUT2D eigenvalue weighted by molar-refractivity contribution is 7.86. The second kappa shape index (κ2) is 9.03. The third-order valence-corrected chi connectivity index (χ3v) is 3.94. The summed E-state index contributed by atoms with van der Waals surface area (Å²) in [4.78, 5) is 12.1. The second-order valence-corrected chi connectivity index (χ2v) is 7.75. The standard InChI is InChI=1S/C10H20N6O6S2/c1-2-11-7-8-14-9(12-3-5-23(17,18)19)16-10(15-8)13-4-6-24(20,21)22/h11H,2-7H2,1H3,(H,17,18,19)(H,20,21,22)(H2,12,13,14,15,16). The van der Waals surface area contributed by atoms with E-state index in [2.05, 4.69) is 30.9 Å². The Kier molecular flexibility index (Phi) is 7.68. The molecule has 138 valence electrons. The number of hydrogen-bond donors (Lipinski definition) is 5. The number of hydrogen-bond acceptors (Lipinski definition) is 10. The molecule has 0 atom stereocenters. The van der Waals surface area contributed by atoms with Crippen LogP contribution in [0.2, 0.25) is 0 Å². The first kappa shape index (κ1) is 20.4. The van der Waals surface area contributed by atoms with Crippen LogP contribution in [0.4, 0.5) is 11.9 Å². The van der Waals surface area contributed by atoms with Crippen LogP contribution in [0.5, 0.6) is 0 Å². The Labute approximate surface area is 140 Å². The van der Waals surface area contributed by atoms with E-state index in [1.165, 1.54) is 0 Å². The van der Waals surface area contributed by atoms with E-state index in [4.69, 9.17) is 9.11 Å². The van der Waals surface area contributed by atoms with Crippen LogP contribution in [-0.4, -0.2) is 72.0 Å². The van der Waals surface area contributed by atoms with Crippen molar-refractivity contribution in [2.75, 3.05) is 41.8 Å². The average molecular weight is 384 g/mol. The largest absolute Gasteiger partial charge is 0.353 e. The molecule has 0 spiro atoms. The monoisotopic (exact) mass is 384 g/mol. The fourth-order valence-corrected chi connectivity index (χ4v) is 2.20. The molecule has 0 radical (unpaired) electrons. The molecule has 1 aromatic heterocycles. The van der Waals surface area contributed by atoms with Gasteiger partial charge in [0.25, 0.3) is 20.2 Å². The highest BCUT2D eigenvalue weighted by atomic mass is 32.2. The summed E-state index contributed by atoms with van der Waals surface area (Å²) < 4.78 is 60.1. The second-order valence-electron chi connectivity index (χ2n) is 4.60. The summed E-state index contributed by atoms with van der Waals surface area (Å²) in [7, 11) is -8.23. The molecule has 1 heterocycles. The number of nitrogens with one attached hydrogen (secondary N) is 3. The summed E-state index contributed by atoms with van der Waals surface area (Å²) >= 11 is 0. The minimum atomic E-state index is -4.12. The summed E-state index contributed by atoms with van der Waals surface area (Å²) in [6, 6.07) is 0. The molecule has 0 aliphatic heterocycles. The van der Waals surface area contributed by atoms with Gasteiger partial charge in [0.2, 0.25) is 11.9 Å². The Bertz CT molecular complexity index is 682. The van der Waals surface area contributed by atoms with Crippen molar-refractivity contribution in [3.05, 3.63) is 5.82 Å². The first-order valence-corrected chi connectivity index (χ1v) is 10.1. The van der Waals surface area contributed by atoms with Gasteiger partial charge in [0.1, 0.15) is 5.82 Å². The van der Waals surface area contributed by atoms with Gasteiger partial charge < -0.3 is 16.0 Å². The van der Waals surface area contributed by atoms with Gasteiger partial charge in [0.15, 0.2) is 0 Å². The SMILES string of the molecule is CCNCc1nc(NCCS(=O)(=O)O)nc(NCCS(=O)(=O)O)n1. The minimum absolute atomic E-state index is 0.0657. The molecular weight excluding hydrogens is 364 g/mol. The summed E-state index contributed by atoms with van der Waals surface area (Å²) in [5.41, 5.74) is 0. The Morgan fingerprint density at radius 1 is 0.875 bits per heavy atom. The predicted octanol–water partition coefficient (Wildman–Crippen LogP) is -1.42. The van der Waals surface area contributed by atoms with Crippen molar-refractivity contribution >= 4 is 32.1 Å². The molecule has 1 aromatic rings. The molecule has 14 heteroatoms. The molecule has 0 amide bonds. The third kappa shape index (κ3) is 9.51. The molecule has 0 aliphatic carbocycles. The minimum Gasteiger partial charge on any atom is -0.353 e. The van der Waals surface area contributed by atoms with Crippen molar-refractivity contribution < 1.29 is 25.9 Å². The van der Waals surface area contributed by atoms with Crippen LogP contribution in [0.1, 0.15) is 12.7 Å². The molecule has 24 heavy (non-hydrogen) atoms. The summed E-state index contributed by atoms with van der Waals surface area (Å²) in [5.74, 6) is -0.568. The molecule has 1 rings (SSSR count). The van der Waals surface area contributed by atoms with Crippen LogP contribution >= 0.6 is 0 Å². The highest BCUT2D eigenvalue weighted by Gasteiger charge is 2.10. The quantitative estimate of drug-likeness (QED) is 0.281. The van der Waals surface area contributed by atoms with Gasteiger partial charge in [0, 0.05) is 13.1 Å². The Morgan fingerprint density at radius 2 is 1.33 bits per heavy atom. The van der Waals surface area contributed by atoms with E-state index in [1.807, 2.05) is 6.92 Å². The van der Waals surface area contributed by atoms with Gasteiger partial charge in [-0.3, -0.25) is 9.11 Å². The summed E-state index contributed by atoms with van der Waals surface area (Å²) in [5, 5.41) is 8.26. The lowest BCUT2D eigenvalue weighted by atomic mass is 10.5. The van der Waals surface area contributed by atoms with Crippen LogP contribution in [0.3, 0.4) is 0 Å². The van der Waals surface area contributed by atoms with Crippen molar-refractivity contribution in [3.8, 4) is 0 Å². The van der Waals surface area contributed by atoms with Gasteiger partial charge in [-0.2, -0.15) is 31.8 Å². The topological polar surface area (TPSA) is 184 Å². The molecule has 5 N–H and O–H groups in total. The average Bonchev–Trinajstić information content (AvgIpc) is 2.42. The van der Waals surface area contributed by atoms with Crippen LogP contribution in [-0.2, 0) is 26.8 Å². The van der Waals surface area contributed by atoms with Crippen LogP contribution in [0.25, 0.3) is 0 Å². The molecule has 0 saturated heterocycles. The van der Waals surface area contributed by atoms with Crippen LogP contribution in [0.15, 0.2) is 0 Å². The van der Waals surface area contributed by atoms with Gasteiger partial charge in [-0.25, -0.2) is 0 Å². The molecule has 0 fully saturated rings. The predicted molar refractivity (Wildman–Crippen MR) is 87.0 cm³/mol. The van der Waals surface area contributed by atoms with Crippen molar-refractivity contribution in [3.63, 3.8) is 0 Å². The van der Waals surface area contributed by atoms with Crippen molar-refractivity contribution in [1.82, 2.24) is 20.3 Å². The fraction of sp³-hybridized carbons (Fsp3) is 0.700. The molecular formula is C10H20N6O6S2. The number of aromatic nitrogens is 3. The lowest BCUT2D eigenvalue weighted by Crippen LogP contribution is -2.21. The van der Waals surface area contributed by atoms with E-state index >= 15 is 0 Å². The highest BCUT2D eigenvalue weighted by Crippen LogP contribution is 2.06. The Hall–Kier alpha value is -1.61. The van der Waals surface area contributed by atoms with E-state index in [1.54, 1.807) is 0 Å². The van der Waals surface area contributed by atoms with Crippen LogP contribution in [0, 0.1) is 0 Å². The maximum Gasteiger partial charge on any atom is 0.266 e. The van der Waals surface area contributed by atoms with Gasteiger partial charge >= 0.3 is 0 Å². The lowest BCUT2D eigenvalue weighted by molar-refractivity contribution is 0.481. The number of nitrogens with zero attached hydrogens (tertiary/aromatic N) is 3. The van der Waals surface area contributed by atoms with Gasteiger partial charge in [-0.05, 0) is 6.54 Å². The maximum absolute atomic E-state index is 10.7. The zero-order chi connectivity index (χ0) is 18.2. The zero-order valence-corrected chi connectivity index (χ0v) is 14.6. The van der Waals surface area contributed by atoms with Gasteiger partial charge in [0.05, 0.1) is 18.1 Å². The molecule has 0 unspecified atom stereocenters. The Balaban J connectivity index is 2.78. The van der Waals surface area contributed by atoms with Gasteiger partial charge in [-0.15, -0.1) is 0 Å². The maximum atomic E-state index is 10.7. The molecule has 0 aliphatic rings. The molecule has 0 bridgehead atoms. The number of rotatable bonds is 11. The first-order chi connectivity index (χ1) is 11.1. The molecule has 12 nitrogen and oxygen atoms in total. The van der Waals surface area contributed by atoms with E-state index in [-0.39, 0.29) is 25.0 Å². The zero-order valence-electron chi connectivity index (χ0n) is 12.9. The molecule has 0 saturated carbocycles. The van der Waals surface area contributed by atoms with E-state index < -0.39 is 31.7 Å². The smallest absolute Gasteiger partial charge is 0.266 e. The lowest BCUT2D eigenvalue weighted by Gasteiger charge is -2.10. The molecule has 0 aromatic carbocycles. The van der Waals surface area contributed by atoms with Crippen molar-refractivity contribution in [2.24, 2.45) is 0 Å². The van der Waals surface area contributed by atoms with Crippen LogP contribution < -0.4 is 16.0 Å². The summed E-state index contributed by atoms with van der Waals surface area (Å²) in [6.07, 6.45) is 0. The van der Waals surface area contributed by atoms with E-state index in [9.17, 15) is 16.8 Å².